The lowest BCUT2D eigenvalue weighted by Crippen LogP contribution is -2.50. The molecule has 1 saturated heterocycles. The summed E-state index contributed by atoms with van der Waals surface area (Å²) < 4.78 is 52.1. The van der Waals surface area contributed by atoms with E-state index in [0.29, 0.717) is 4.68 Å². The Balaban J connectivity index is 2.01. The number of ether oxygens (including phenoxy) is 2. The molecule has 8 nitrogen and oxygen atoms in total. The van der Waals surface area contributed by atoms with Crippen LogP contribution in [0.3, 0.4) is 0 Å². The summed E-state index contributed by atoms with van der Waals surface area (Å²) in [6, 6.07) is 2.64. The topological polar surface area (TPSA) is 82.4 Å². The summed E-state index contributed by atoms with van der Waals surface area (Å²) in [5.41, 5.74) is -2.38. The molecule has 146 valence electrons. The fourth-order valence-corrected chi connectivity index (χ4v) is 2.85. The molecule has 1 aliphatic heterocycles. The molecule has 11 heteroatoms. The van der Waals surface area contributed by atoms with Crippen molar-refractivity contribution in [3.8, 4) is 11.7 Å². The van der Waals surface area contributed by atoms with E-state index >= 15 is 0 Å². The highest BCUT2D eigenvalue weighted by molar-refractivity contribution is 5.95. The van der Waals surface area contributed by atoms with Gasteiger partial charge in [0.1, 0.15) is 0 Å². The fourth-order valence-electron chi connectivity index (χ4n) is 2.85. The largest absolute Gasteiger partial charge is 0.480 e. The first-order valence-electron chi connectivity index (χ1n) is 8.09. The van der Waals surface area contributed by atoms with Crippen LogP contribution in [0.4, 0.5) is 13.2 Å². The molecule has 0 radical (unpaired) electrons. The molecule has 2 aromatic heterocycles. The number of rotatable bonds is 3. The van der Waals surface area contributed by atoms with Gasteiger partial charge >= 0.3 is 6.18 Å². The van der Waals surface area contributed by atoms with Crippen molar-refractivity contribution in [2.45, 2.75) is 25.6 Å². The molecule has 1 fully saturated rings. The summed E-state index contributed by atoms with van der Waals surface area (Å²) in [7, 11) is 1.36. The standard InChI is InChI=1S/C16H18F3N5O3/c1-15(2)9-23(6-7-27-15)14(25)10-8-20-24(13(10)16(17,18)19)11-4-5-12(26-3)22-21-11/h4-5,8H,6-7,9H2,1-3H3. The molecule has 0 N–H and O–H groups in total. The maximum absolute atomic E-state index is 13.7. The second-order valence-electron chi connectivity index (χ2n) is 6.59. The number of hydrogen-bond donors (Lipinski definition) is 0. The molecule has 27 heavy (non-hydrogen) atoms. The molecule has 0 aliphatic carbocycles. The maximum atomic E-state index is 13.7. The van der Waals surface area contributed by atoms with E-state index in [-0.39, 0.29) is 31.4 Å². The van der Waals surface area contributed by atoms with Crippen LogP contribution in [-0.2, 0) is 10.9 Å². The Labute approximate surface area is 152 Å². The van der Waals surface area contributed by atoms with Gasteiger partial charge in [0.2, 0.25) is 5.88 Å². The molecule has 1 aliphatic rings. The molecule has 0 saturated carbocycles. The maximum Gasteiger partial charge on any atom is 0.434 e. The van der Waals surface area contributed by atoms with E-state index in [1.54, 1.807) is 13.8 Å². The van der Waals surface area contributed by atoms with Gasteiger partial charge in [0.25, 0.3) is 5.91 Å². The summed E-state index contributed by atoms with van der Waals surface area (Å²) in [6.45, 7) is 4.17. The Morgan fingerprint density at radius 3 is 2.59 bits per heavy atom. The highest BCUT2D eigenvalue weighted by Crippen LogP contribution is 2.34. The first-order chi connectivity index (χ1) is 12.6. The van der Waals surface area contributed by atoms with Crippen molar-refractivity contribution in [3.05, 3.63) is 29.6 Å². The van der Waals surface area contributed by atoms with Crippen molar-refractivity contribution < 1.29 is 27.4 Å². The molecule has 0 spiro atoms. The molecule has 3 rings (SSSR count). The van der Waals surface area contributed by atoms with Gasteiger partial charge < -0.3 is 14.4 Å². The van der Waals surface area contributed by atoms with Crippen LogP contribution in [0.25, 0.3) is 5.82 Å². The number of methoxy groups -OCH3 is 1. The van der Waals surface area contributed by atoms with E-state index in [0.717, 1.165) is 6.20 Å². The monoisotopic (exact) mass is 385 g/mol. The number of halogens is 3. The lowest BCUT2D eigenvalue weighted by atomic mass is 10.1. The normalized spacial score (nSPS) is 17.0. The minimum absolute atomic E-state index is 0.145. The van der Waals surface area contributed by atoms with E-state index in [9.17, 15) is 18.0 Å². The quantitative estimate of drug-likeness (QED) is 0.803. The number of morpholine rings is 1. The molecule has 0 aromatic carbocycles. The molecule has 0 unspecified atom stereocenters. The predicted octanol–water partition coefficient (Wildman–Crippen LogP) is 1.94. The first-order valence-corrected chi connectivity index (χ1v) is 8.09. The van der Waals surface area contributed by atoms with Gasteiger partial charge in [-0.2, -0.15) is 18.3 Å². The van der Waals surface area contributed by atoms with Gasteiger partial charge in [0.05, 0.1) is 31.1 Å². The highest BCUT2D eigenvalue weighted by atomic mass is 19.4. The van der Waals surface area contributed by atoms with E-state index < -0.39 is 28.9 Å². The Bertz CT molecular complexity index is 833. The summed E-state index contributed by atoms with van der Waals surface area (Å²) >= 11 is 0. The van der Waals surface area contributed by atoms with Gasteiger partial charge in [-0.25, -0.2) is 4.68 Å². The predicted molar refractivity (Wildman–Crippen MR) is 86.6 cm³/mol. The van der Waals surface area contributed by atoms with Crippen LogP contribution in [0, 0.1) is 0 Å². The van der Waals surface area contributed by atoms with Crippen molar-refractivity contribution in [3.63, 3.8) is 0 Å². The number of carbonyl (C=O) groups is 1. The van der Waals surface area contributed by atoms with E-state index in [4.69, 9.17) is 9.47 Å². The second kappa shape index (κ2) is 6.80. The molecule has 0 bridgehead atoms. The fraction of sp³-hybridized carbons (Fsp3) is 0.500. The smallest absolute Gasteiger partial charge is 0.434 e. The Kier molecular flexibility index (Phi) is 4.81. The summed E-state index contributed by atoms with van der Waals surface area (Å²) in [6.07, 6.45) is -3.91. The van der Waals surface area contributed by atoms with Gasteiger partial charge in [0, 0.05) is 19.2 Å². The molecular weight excluding hydrogens is 367 g/mol. The van der Waals surface area contributed by atoms with Crippen LogP contribution in [-0.4, -0.2) is 63.2 Å². The summed E-state index contributed by atoms with van der Waals surface area (Å²) in [5.74, 6) is -0.790. The van der Waals surface area contributed by atoms with Gasteiger partial charge in [0.15, 0.2) is 11.5 Å². The number of alkyl halides is 3. The van der Waals surface area contributed by atoms with Crippen molar-refractivity contribution in [2.75, 3.05) is 26.8 Å². The van der Waals surface area contributed by atoms with Crippen molar-refractivity contribution in [1.29, 1.82) is 0 Å². The van der Waals surface area contributed by atoms with E-state index in [1.165, 1.54) is 24.1 Å². The number of amides is 1. The first kappa shape index (κ1) is 19.1. The Morgan fingerprint density at radius 1 is 1.30 bits per heavy atom. The Hall–Kier alpha value is -2.69. The Morgan fingerprint density at radius 2 is 2.04 bits per heavy atom. The number of carbonyl (C=O) groups excluding carboxylic acids is 1. The summed E-state index contributed by atoms with van der Waals surface area (Å²) in [5, 5.41) is 11.1. The lowest BCUT2D eigenvalue weighted by molar-refractivity contribution is -0.143. The van der Waals surface area contributed by atoms with Crippen LogP contribution in [0.1, 0.15) is 29.9 Å². The van der Waals surface area contributed by atoms with Crippen LogP contribution in [0.5, 0.6) is 5.88 Å². The molecule has 0 atom stereocenters. The highest BCUT2D eigenvalue weighted by Gasteiger charge is 2.42. The van der Waals surface area contributed by atoms with Gasteiger partial charge in [-0.1, -0.05) is 0 Å². The second-order valence-corrected chi connectivity index (χ2v) is 6.59. The third kappa shape index (κ3) is 3.87. The average Bonchev–Trinajstić information content (AvgIpc) is 3.05. The van der Waals surface area contributed by atoms with Gasteiger partial charge in [-0.05, 0) is 19.9 Å². The van der Waals surface area contributed by atoms with Crippen molar-refractivity contribution >= 4 is 5.91 Å². The van der Waals surface area contributed by atoms with Crippen LogP contribution < -0.4 is 4.74 Å². The number of aromatic nitrogens is 4. The molecular formula is C16H18F3N5O3. The number of hydrogen-bond acceptors (Lipinski definition) is 6. The van der Waals surface area contributed by atoms with Crippen LogP contribution in [0.15, 0.2) is 18.3 Å². The van der Waals surface area contributed by atoms with Gasteiger partial charge in [-0.15, -0.1) is 10.2 Å². The zero-order valence-electron chi connectivity index (χ0n) is 14.9. The van der Waals surface area contributed by atoms with Gasteiger partial charge in [-0.3, -0.25) is 4.79 Å². The lowest BCUT2D eigenvalue weighted by Gasteiger charge is -2.38. The van der Waals surface area contributed by atoms with Crippen LogP contribution >= 0.6 is 0 Å². The third-order valence-electron chi connectivity index (χ3n) is 4.03. The molecule has 2 aromatic rings. The minimum Gasteiger partial charge on any atom is -0.480 e. The molecule has 3 heterocycles. The minimum atomic E-state index is -4.81. The zero-order chi connectivity index (χ0) is 19.8. The van der Waals surface area contributed by atoms with Crippen LogP contribution in [0.2, 0.25) is 0 Å². The van der Waals surface area contributed by atoms with E-state index in [1.807, 2.05) is 0 Å². The van der Waals surface area contributed by atoms with Crippen molar-refractivity contribution in [2.24, 2.45) is 0 Å². The summed E-state index contributed by atoms with van der Waals surface area (Å²) in [4.78, 5) is 14.1. The average molecular weight is 385 g/mol. The van der Waals surface area contributed by atoms with Crippen molar-refractivity contribution in [1.82, 2.24) is 24.9 Å². The van der Waals surface area contributed by atoms with E-state index in [2.05, 4.69) is 15.3 Å². The zero-order valence-corrected chi connectivity index (χ0v) is 14.9. The third-order valence-corrected chi connectivity index (χ3v) is 4.03. The SMILES string of the molecule is COc1ccc(-n2ncc(C(=O)N3CCOC(C)(C)C3)c2C(F)(F)F)nn1. The molecule has 1 amide bonds. The number of nitrogens with zero attached hydrogens (tertiary/aromatic N) is 5.